The van der Waals surface area contributed by atoms with E-state index < -0.39 is 11.9 Å². The minimum atomic E-state index is -0.603. The lowest BCUT2D eigenvalue weighted by molar-refractivity contribution is -0.113. The summed E-state index contributed by atoms with van der Waals surface area (Å²) in [6, 6.07) is 9.40. The average Bonchev–Trinajstić information content (AvgIpc) is 2.54. The first-order valence-corrected chi connectivity index (χ1v) is 7.78. The summed E-state index contributed by atoms with van der Waals surface area (Å²) in [5.41, 5.74) is 1.92. The fourth-order valence-electron chi connectivity index (χ4n) is 2.73. The van der Waals surface area contributed by atoms with Crippen LogP contribution in [-0.4, -0.2) is 16.6 Å². The van der Waals surface area contributed by atoms with Crippen LogP contribution < -0.4 is 5.32 Å². The summed E-state index contributed by atoms with van der Waals surface area (Å²) in [6.07, 6.45) is 1.49. The van der Waals surface area contributed by atoms with Crippen molar-refractivity contribution in [3.8, 4) is 0 Å². The molecular weight excluding hydrogens is 329 g/mol. The van der Waals surface area contributed by atoms with Crippen molar-refractivity contribution in [2.24, 2.45) is 4.99 Å². The van der Waals surface area contributed by atoms with Gasteiger partial charge < -0.3 is 5.32 Å². The Morgan fingerprint density at radius 1 is 1.25 bits per heavy atom. The average molecular weight is 344 g/mol. The Morgan fingerprint density at radius 3 is 2.67 bits per heavy atom. The molecule has 122 valence electrons. The summed E-state index contributed by atoms with van der Waals surface area (Å²) in [4.78, 5) is 20.7. The van der Waals surface area contributed by atoms with E-state index >= 15 is 0 Å². The second-order valence-corrected chi connectivity index (χ2v) is 5.86. The van der Waals surface area contributed by atoms with Crippen LogP contribution in [0.25, 0.3) is 0 Å². The number of ketones is 1. The maximum Gasteiger partial charge on any atom is 0.160 e. The van der Waals surface area contributed by atoms with Crippen LogP contribution in [-0.2, 0) is 4.79 Å². The van der Waals surface area contributed by atoms with E-state index in [1.165, 1.54) is 25.3 Å². The number of nitrogens with zero attached hydrogens (tertiary/aromatic N) is 2. The number of aromatic nitrogens is 1. The first-order chi connectivity index (χ1) is 11.5. The van der Waals surface area contributed by atoms with Crippen molar-refractivity contribution >= 4 is 23.2 Å². The summed E-state index contributed by atoms with van der Waals surface area (Å²) >= 11 is 6.29. The predicted molar refractivity (Wildman–Crippen MR) is 91.4 cm³/mol. The van der Waals surface area contributed by atoms with Crippen LogP contribution in [0.2, 0.25) is 5.02 Å². The first kappa shape index (κ1) is 16.3. The maximum atomic E-state index is 14.1. The van der Waals surface area contributed by atoms with Gasteiger partial charge in [0.1, 0.15) is 11.7 Å². The van der Waals surface area contributed by atoms with Crippen molar-refractivity contribution < 1.29 is 9.18 Å². The van der Waals surface area contributed by atoms with Crippen LogP contribution in [0.5, 0.6) is 0 Å². The van der Waals surface area contributed by atoms with Crippen molar-refractivity contribution in [3.63, 3.8) is 0 Å². The number of nitrogens with one attached hydrogen (secondary N) is 1. The van der Waals surface area contributed by atoms with Gasteiger partial charge >= 0.3 is 0 Å². The molecule has 2 aromatic rings. The van der Waals surface area contributed by atoms with E-state index in [1.807, 2.05) is 12.1 Å². The first-order valence-electron chi connectivity index (χ1n) is 7.41. The van der Waals surface area contributed by atoms with Gasteiger partial charge in [-0.15, -0.1) is 0 Å². The number of pyridine rings is 1. The van der Waals surface area contributed by atoms with Crippen LogP contribution in [0, 0.1) is 5.82 Å². The molecule has 1 atom stereocenters. The molecule has 6 heteroatoms. The van der Waals surface area contributed by atoms with Gasteiger partial charge in [0.05, 0.1) is 0 Å². The fourth-order valence-corrected chi connectivity index (χ4v) is 2.97. The lowest BCUT2D eigenvalue weighted by atomic mass is 9.93. The zero-order valence-corrected chi connectivity index (χ0v) is 13.9. The predicted octanol–water partition coefficient (Wildman–Crippen LogP) is 3.83. The molecule has 1 aromatic heterocycles. The number of Topliss-reactive ketones (excluding diaryl/α,β-unsaturated/α-hetero) is 1. The normalized spacial score (nSPS) is 17.3. The van der Waals surface area contributed by atoms with Gasteiger partial charge in [0.2, 0.25) is 0 Å². The van der Waals surface area contributed by atoms with Crippen molar-refractivity contribution in [3.05, 3.63) is 76.0 Å². The van der Waals surface area contributed by atoms with E-state index in [9.17, 15) is 9.18 Å². The van der Waals surface area contributed by atoms with Gasteiger partial charge in [-0.3, -0.25) is 9.79 Å². The molecule has 0 saturated carbocycles. The Hall–Kier alpha value is -2.53. The van der Waals surface area contributed by atoms with Gasteiger partial charge in [0.25, 0.3) is 0 Å². The largest absolute Gasteiger partial charge is 0.342 e. The van der Waals surface area contributed by atoms with Crippen LogP contribution in [0.3, 0.4) is 0 Å². The van der Waals surface area contributed by atoms with Crippen LogP contribution in [0.1, 0.15) is 31.1 Å². The summed E-state index contributed by atoms with van der Waals surface area (Å²) in [5.74, 6) is -0.324. The third kappa shape index (κ3) is 2.95. The molecule has 0 amide bonds. The van der Waals surface area contributed by atoms with Crippen molar-refractivity contribution in [1.82, 2.24) is 10.3 Å². The molecule has 1 aliphatic heterocycles. The van der Waals surface area contributed by atoms with E-state index in [2.05, 4.69) is 15.3 Å². The molecule has 1 aromatic carbocycles. The number of hydrogen-bond acceptors (Lipinski definition) is 4. The molecule has 24 heavy (non-hydrogen) atoms. The molecule has 0 fully saturated rings. The summed E-state index contributed by atoms with van der Waals surface area (Å²) in [6.45, 7) is 3.24. The number of benzene rings is 1. The van der Waals surface area contributed by atoms with Gasteiger partial charge in [-0.1, -0.05) is 29.8 Å². The third-order valence-electron chi connectivity index (χ3n) is 3.80. The molecule has 0 radical (unpaired) electrons. The maximum absolute atomic E-state index is 14.1. The highest BCUT2D eigenvalue weighted by Crippen LogP contribution is 2.35. The lowest BCUT2D eigenvalue weighted by Crippen LogP contribution is -2.33. The second-order valence-electron chi connectivity index (χ2n) is 5.46. The number of hydrogen-bond donors (Lipinski definition) is 1. The molecule has 0 saturated heterocycles. The van der Waals surface area contributed by atoms with Crippen LogP contribution in [0.15, 0.2) is 58.9 Å². The van der Waals surface area contributed by atoms with Crippen LogP contribution in [0.4, 0.5) is 4.39 Å². The molecule has 0 aliphatic carbocycles. The van der Waals surface area contributed by atoms with Gasteiger partial charge in [-0.25, -0.2) is 9.37 Å². The monoisotopic (exact) mass is 343 g/mol. The SMILES string of the molecule is CC(=O)C1=C(C)NC(c2ncccc2F)=NC1c1ccccc1Cl. The lowest BCUT2D eigenvalue weighted by Gasteiger charge is -2.26. The van der Waals surface area contributed by atoms with Crippen molar-refractivity contribution in [2.75, 3.05) is 0 Å². The Bertz CT molecular complexity index is 876. The molecule has 0 bridgehead atoms. The van der Waals surface area contributed by atoms with E-state index in [0.29, 0.717) is 21.9 Å². The molecule has 3 rings (SSSR count). The number of rotatable bonds is 3. The smallest absolute Gasteiger partial charge is 0.160 e. The van der Waals surface area contributed by atoms with E-state index in [0.717, 1.165) is 0 Å². The minimum absolute atomic E-state index is 0.108. The molecule has 4 nitrogen and oxygen atoms in total. The summed E-state index contributed by atoms with van der Waals surface area (Å²) in [5, 5.41) is 3.49. The molecule has 2 heterocycles. The number of aliphatic imine (C=N–C) groups is 1. The zero-order valence-electron chi connectivity index (χ0n) is 13.2. The molecule has 1 N–H and O–H groups in total. The highest BCUT2D eigenvalue weighted by Gasteiger charge is 2.29. The van der Waals surface area contributed by atoms with Gasteiger partial charge in [0, 0.05) is 22.5 Å². The molecule has 1 unspecified atom stereocenters. The number of carbonyl (C=O) groups is 1. The molecule has 0 spiro atoms. The van der Waals surface area contributed by atoms with E-state index in [-0.39, 0.29) is 17.3 Å². The second kappa shape index (κ2) is 6.53. The van der Waals surface area contributed by atoms with Gasteiger partial charge in [0.15, 0.2) is 17.4 Å². The van der Waals surface area contributed by atoms with Crippen molar-refractivity contribution in [2.45, 2.75) is 19.9 Å². The van der Waals surface area contributed by atoms with Crippen LogP contribution >= 0.6 is 11.6 Å². The third-order valence-corrected chi connectivity index (χ3v) is 4.15. The highest BCUT2D eigenvalue weighted by atomic mass is 35.5. The molecular formula is C18H15ClFN3O. The fraction of sp³-hybridized carbons (Fsp3) is 0.167. The van der Waals surface area contributed by atoms with E-state index in [1.54, 1.807) is 19.1 Å². The minimum Gasteiger partial charge on any atom is -0.342 e. The number of amidine groups is 1. The highest BCUT2D eigenvalue weighted by molar-refractivity contribution is 6.31. The number of allylic oxidation sites excluding steroid dienone is 1. The van der Waals surface area contributed by atoms with Gasteiger partial charge in [-0.05, 0) is 37.6 Å². The Labute approximate surface area is 144 Å². The standard InChI is InChI=1S/C18H15ClFN3O/c1-10-15(11(2)24)16(12-6-3-4-7-13(12)19)23-18(22-10)17-14(20)8-5-9-21-17/h3-9,16H,1-2H3,(H,22,23). The molecule has 1 aliphatic rings. The summed E-state index contributed by atoms with van der Waals surface area (Å²) < 4.78 is 14.1. The van der Waals surface area contributed by atoms with Crippen molar-refractivity contribution in [1.29, 1.82) is 0 Å². The Kier molecular flexibility index (Phi) is 4.44. The topological polar surface area (TPSA) is 54.4 Å². The Balaban J connectivity index is 2.17. The van der Waals surface area contributed by atoms with Gasteiger partial charge in [-0.2, -0.15) is 0 Å². The number of halogens is 2. The quantitative estimate of drug-likeness (QED) is 0.921. The Morgan fingerprint density at radius 2 is 2.00 bits per heavy atom. The summed E-state index contributed by atoms with van der Waals surface area (Å²) in [7, 11) is 0. The number of carbonyl (C=O) groups excluding carboxylic acids is 1. The van der Waals surface area contributed by atoms with E-state index in [4.69, 9.17) is 11.6 Å². The zero-order chi connectivity index (χ0) is 17.3.